The summed E-state index contributed by atoms with van der Waals surface area (Å²) in [6, 6.07) is 0. The van der Waals surface area contributed by atoms with Crippen LogP contribution in [0.15, 0.2) is 60.8 Å². The van der Waals surface area contributed by atoms with E-state index in [9.17, 15) is 9.59 Å². The maximum absolute atomic E-state index is 12.9. The minimum atomic E-state index is -0.574. The second-order valence-corrected chi connectivity index (χ2v) is 20.6. The minimum absolute atomic E-state index is 0.0601. The molecule has 0 aromatic rings. The monoisotopic (exact) mass is 979 g/mol. The highest BCUT2D eigenvalue weighted by molar-refractivity contribution is 5.70. The lowest BCUT2D eigenvalue weighted by atomic mass is 10.0. The molecule has 0 bridgehead atoms. The summed E-state index contributed by atoms with van der Waals surface area (Å²) in [5.74, 6) is -0.418. The molecule has 0 aromatic carbocycles. The van der Waals surface area contributed by atoms with Crippen LogP contribution in [-0.2, 0) is 23.8 Å². The topological polar surface area (TPSA) is 61.8 Å². The van der Waals surface area contributed by atoms with E-state index >= 15 is 0 Å². The number of unbranched alkanes of at least 4 members (excludes halogenated alkanes) is 36. The summed E-state index contributed by atoms with van der Waals surface area (Å²) in [5.41, 5.74) is 0. The molecule has 0 aliphatic heterocycles. The van der Waals surface area contributed by atoms with Crippen LogP contribution in [0.25, 0.3) is 0 Å². The van der Waals surface area contributed by atoms with Gasteiger partial charge in [0, 0.05) is 12.8 Å². The fourth-order valence-corrected chi connectivity index (χ4v) is 9.05. The van der Waals surface area contributed by atoms with Gasteiger partial charge in [-0.25, -0.2) is 0 Å². The van der Waals surface area contributed by atoms with Crippen molar-refractivity contribution in [1.82, 2.24) is 0 Å². The molecule has 0 saturated heterocycles. The highest BCUT2D eigenvalue weighted by atomic mass is 16.6. The smallest absolute Gasteiger partial charge is 0.306 e. The minimum Gasteiger partial charge on any atom is -0.462 e. The molecule has 0 aromatic heterocycles. The van der Waals surface area contributed by atoms with E-state index in [1.165, 1.54) is 218 Å². The third-order valence-corrected chi connectivity index (χ3v) is 13.6. The highest BCUT2D eigenvalue weighted by Gasteiger charge is 2.17. The fraction of sp³-hybridized carbons (Fsp3) is 0.815. The molecule has 0 aliphatic carbocycles. The van der Waals surface area contributed by atoms with Gasteiger partial charge in [0.25, 0.3) is 0 Å². The van der Waals surface area contributed by atoms with Crippen molar-refractivity contribution in [3.8, 4) is 0 Å². The standard InChI is InChI=1S/C65H118O5/c1-4-7-10-13-16-19-22-25-28-31-33-35-37-40-43-46-49-52-55-58-64(66)69-62-63(61-68-60-57-54-51-48-45-42-39-30-27-24-21-18-15-12-9-6-3)70-65(67)59-56-53-50-47-44-41-38-36-34-32-29-26-23-20-17-14-11-8-5-2/h9,12,18,21,27,30,42,45,51,54,63H,4-8,10-11,13-17,19-20,22-26,28-29,31-41,43-44,46-50,52-53,55-62H2,1-3H3/b12-9-,21-18-,30-27-,45-42-,54-51-. The predicted molar refractivity (Wildman–Crippen MR) is 307 cm³/mol. The van der Waals surface area contributed by atoms with Crippen LogP contribution in [-0.4, -0.2) is 37.9 Å². The van der Waals surface area contributed by atoms with Crippen molar-refractivity contribution in [1.29, 1.82) is 0 Å². The Morgan fingerprint density at radius 2 is 0.614 bits per heavy atom. The summed E-state index contributed by atoms with van der Waals surface area (Å²) in [6.07, 6.45) is 78.5. The number of hydrogen-bond donors (Lipinski definition) is 0. The molecule has 0 N–H and O–H groups in total. The van der Waals surface area contributed by atoms with E-state index < -0.39 is 6.10 Å². The lowest BCUT2D eigenvalue weighted by Crippen LogP contribution is -2.30. The molecule has 1 unspecified atom stereocenters. The van der Waals surface area contributed by atoms with E-state index in [1.54, 1.807) is 0 Å². The average molecular weight is 980 g/mol. The van der Waals surface area contributed by atoms with Crippen LogP contribution < -0.4 is 0 Å². The molecule has 0 aliphatic rings. The van der Waals surface area contributed by atoms with Gasteiger partial charge in [-0.1, -0.05) is 313 Å². The van der Waals surface area contributed by atoms with E-state index in [0.29, 0.717) is 19.4 Å². The number of hydrogen-bond acceptors (Lipinski definition) is 5. The summed E-state index contributed by atoms with van der Waals surface area (Å²) < 4.78 is 17.4. The van der Waals surface area contributed by atoms with Crippen LogP contribution in [0.2, 0.25) is 0 Å². The van der Waals surface area contributed by atoms with Crippen molar-refractivity contribution < 1.29 is 23.8 Å². The van der Waals surface area contributed by atoms with Crippen LogP contribution in [0.5, 0.6) is 0 Å². The van der Waals surface area contributed by atoms with Gasteiger partial charge in [0.1, 0.15) is 6.61 Å². The number of carbonyl (C=O) groups is 2. The van der Waals surface area contributed by atoms with Crippen LogP contribution in [0.1, 0.15) is 316 Å². The zero-order chi connectivity index (χ0) is 50.6. The Labute approximate surface area is 436 Å². The van der Waals surface area contributed by atoms with Crippen molar-refractivity contribution in [2.75, 3.05) is 19.8 Å². The second kappa shape index (κ2) is 60.9. The summed E-state index contributed by atoms with van der Waals surface area (Å²) >= 11 is 0. The highest BCUT2D eigenvalue weighted by Crippen LogP contribution is 2.17. The lowest BCUT2D eigenvalue weighted by Gasteiger charge is -2.18. The Hall–Kier alpha value is -2.40. The summed E-state index contributed by atoms with van der Waals surface area (Å²) in [4.78, 5) is 25.6. The number of carbonyl (C=O) groups excluding carboxylic acids is 2. The van der Waals surface area contributed by atoms with Gasteiger partial charge in [-0.2, -0.15) is 0 Å². The molecule has 70 heavy (non-hydrogen) atoms. The molecule has 0 radical (unpaired) electrons. The maximum Gasteiger partial charge on any atom is 0.306 e. The number of esters is 2. The van der Waals surface area contributed by atoms with Gasteiger partial charge in [0.2, 0.25) is 0 Å². The molecule has 5 nitrogen and oxygen atoms in total. The van der Waals surface area contributed by atoms with Crippen molar-refractivity contribution in [3.63, 3.8) is 0 Å². The molecule has 5 heteroatoms. The SMILES string of the molecule is CC/C=C\C/C=C\C/C=C\C/C=C\C/C=C\CCOCC(COC(=O)CCCCCCCCCCCCCCCCCCCCC)OC(=O)CCCCCCCCCCCCCCCCCCCCC. The van der Waals surface area contributed by atoms with Crippen LogP contribution in [0.4, 0.5) is 0 Å². The van der Waals surface area contributed by atoms with E-state index in [4.69, 9.17) is 14.2 Å². The molecule has 0 heterocycles. The zero-order valence-corrected chi connectivity index (χ0v) is 47.0. The Morgan fingerprint density at radius 1 is 0.329 bits per heavy atom. The first-order valence-electron chi connectivity index (χ1n) is 30.8. The molecule has 0 amide bonds. The van der Waals surface area contributed by atoms with Crippen LogP contribution >= 0.6 is 0 Å². The first kappa shape index (κ1) is 67.6. The molecule has 1 atom stereocenters. The summed E-state index contributed by atoms with van der Waals surface area (Å²) in [5, 5.41) is 0. The van der Waals surface area contributed by atoms with Crippen LogP contribution in [0.3, 0.4) is 0 Å². The van der Waals surface area contributed by atoms with Gasteiger partial charge < -0.3 is 14.2 Å². The third-order valence-electron chi connectivity index (χ3n) is 13.6. The quantitative estimate of drug-likeness (QED) is 0.0345. The van der Waals surface area contributed by atoms with E-state index in [-0.39, 0.29) is 25.2 Å². The van der Waals surface area contributed by atoms with Gasteiger partial charge in [-0.3, -0.25) is 9.59 Å². The Bertz CT molecular complexity index is 1200. The zero-order valence-electron chi connectivity index (χ0n) is 47.0. The molecular weight excluding hydrogens is 861 g/mol. The summed E-state index contributed by atoms with van der Waals surface area (Å²) in [6.45, 7) is 7.57. The van der Waals surface area contributed by atoms with E-state index in [2.05, 4.69) is 81.5 Å². The molecule has 408 valence electrons. The van der Waals surface area contributed by atoms with Crippen molar-refractivity contribution in [3.05, 3.63) is 60.8 Å². The molecule has 0 spiro atoms. The van der Waals surface area contributed by atoms with Crippen molar-refractivity contribution >= 4 is 11.9 Å². The number of ether oxygens (including phenoxy) is 3. The predicted octanol–water partition coefficient (Wildman–Crippen LogP) is 21.2. The lowest BCUT2D eigenvalue weighted by molar-refractivity contribution is -0.162. The van der Waals surface area contributed by atoms with Crippen molar-refractivity contribution in [2.24, 2.45) is 0 Å². The molecule has 0 fully saturated rings. The Kier molecular flexibility index (Phi) is 58.8. The fourth-order valence-electron chi connectivity index (χ4n) is 9.05. The molecular formula is C65H118O5. The molecule has 0 saturated carbocycles. The van der Waals surface area contributed by atoms with Crippen LogP contribution in [0, 0.1) is 0 Å². The van der Waals surface area contributed by atoms with E-state index in [1.807, 2.05) is 0 Å². The number of allylic oxidation sites excluding steroid dienone is 9. The van der Waals surface area contributed by atoms with Gasteiger partial charge in [-0.15, -0.1) is 0 Å². The first-order chi connectivity index (χ1) is 34.6. The van der Waals surface area contributed by atoms with Gasteiger partial charge in [-0.05, 0) is 51.4 Å². The van der Waals surface area contributed by atoms with Gasteiger partial charge in [0.15, 0.2) is 6.10 Å². The Morgan fingerprint density at radius 3 is 0.943 bits per heavy atom. The van der Waals surface area contributed by atoms with Gasteiger partial charge >= 0.3 is 11.9 Å². The summed E-state index contributed by atoms with van der Waals surface area (Å²) in [7, 11) is 0. The third kappa shape index (κ3) is 58.2. The first-order valence-corrected chi connectivity index (χ1v) is 30.8. The van der Waals surface area contributed by atoms with Crippen molar-refractivity contribution in [2.45, 2.75) is 322 Å². The Balaban J connectivity index is 4.30. The number of rotatable bonds is 57. The largest absolute Gasteiger partial charge is 0.462 e. The second-order valence-electron chi connectivity index (χ2n) is 20.6. The normalized spacial score (nSPS) is 12.6. The average Bonchev–Trinajstić information content (AvgIpc) is 3.36. The molecule has 0 rings (SSSR count). The van der Waals surface area contributed by atoms with Gasteiger partial charge in [0.05, 0.1) is 13.2 Å². The van der Waals surface area contributed by atoms with E-state index in [0.717, 1.165) is 64.2 Å². The maximum atomic E-state index is 12.9.